The Bertz CT molecular complexity index is 720. The van der Waals surface area contributed by atoms with Crippen molar-refractivity contribution in [2.24, 2.45) is 0 Å². The third-order valence-electron chi connectivity index (χ3n) is 2.85. The van der Waals surface area contributed by atoms with Gasteiger partial charge in [-0.25, -0.2) is 9.97 Å². The van der Waals surface area contributed by atoms with Gasteiger partial charge in [-0.05, 0) is 24.1 Å². The predicted molar refractivity (Wildman–Crippen MR) is 73.7 cm³/mol. The summed E-state index contributed by atoms with van der Waals surface area (Å²) in [6.07, 6.45) is 3.92. The van der Waals surface area contributed by atoms with Gasteiger partial charge in [0.1, 0.15) is 0 Å². The lowest BCUT2D eigenvalue weighted by Crippen LogP contribution is -1.96. The molecule has 0 saturated heterocycles. The molecular weight excluding hydrogens is 254 g/mol. The van der Waals surface area contributed by atoms with E-state index in [1.165, 1.54) is 0 Å². The summed E-state index contributed by atoms with van der Waals surface area (Å²) in [5, 5.41) is 3.89. The SMILES string of the molecule is Cc1cnc(-c2noc(Cc3ccccc3N)n2)nc1. The minimum absolute atomic E-state index is 0.384. The fraction of sp³-hybridized carbons (Fsp3) is 0.143. The van der Waals surface area contributed by atoms with Crippen LogP contribution in [0.2, 0.25) is 0 Å². The lowest BCUT2D eigenvalue weighted by atomic mass is 10.1. The number of hydrogen-bond donors (Lipinski definition) is 1. The summed E-state index contributed by atoms with van der Waals surface area (Å²) >= 11 is 0. The molecule has 0 saturated carbocycles. The lowest BCUT2D eigenvalue weighted by molar-refractivity contribution is 0.385. The van der Waals surface area contributed by atoms with Crippen LogP contribution in [0.15, 0.2) is 41.2 Å². The Morgan fingerprint density at radius 2 is 1.85 bits per heavy atom. The number of aromatic nitrogens is 4. The van der Waals surface area contributed by atoms with Gasteiger partial charge in [-0.1, -0.05) is 23.4 Å². The molecule has 0 bridgehead atoms. The fourth-order valence-electron chi connectivity index (χ4n) is 1.78. The van der Waals surface area contributed by atoms with Gasteiger partial charge in [-0.3, -0.25) is 0 Å². The molecule has 100 valence electrons. The molecule has 2 N–H and O–H groups in total. The van der Waals surface area contributed by atoms with Crippen molar-refractivity contribution in [1.29, 1.82) is 0 Å². The molecule has 6 nitrogen and oxygen atoms in total. The van der Waals surface area contributed by atoms with Crippen molar-refractivity contribution in [3.63, 3.8) is 0 Å². The molecule has 0 atom stereocenters. The minimum Gasteiger partial charge on any atom is -0.398 e. The Morgan fingerprint density at radius 1 is 1.10 bits per heavy atom. The van der Waals surface area contributed by atoms with Gasteiger partial charge in [0.15, 0.2) is 0 Å². The summed E-state index contributed by atoms with van der Waals surface area (Å²) in [5.74, 6) is 1.32. The number of nitrogen functional groups attached to an aromatic ring is 1. The average molecular weight is 267 g/mol. The Labute approximate surface area is 115 Å². The summed E-state index contributed by atoms with van der Waals surface area (Å²) in [6.45, 7) is 1.92. The van der Waals surface area contributed by atoms with Crippen LogP contribution in [0.1, 0.15) is 17.0 Å². The predicted octanol–water partition coefficient (Wildman–Crippen LogP) is 2.01. The quantitative estimate of drug-likeness (QED) is 0.730. The molecule has 0 unspecified atom stereocenters. The van der Waals surface area contributed by atoms with Crippen LogP contribution in [0.25, 0.3) is 11.6 Å². The van der Waals surface area contributed by atoms with E-state index in [0.29, 0.717) is 29.6 Å². The number of para-hydroxylation sites is 1. The van der Waals surface area contributed by atoms with Crippen molar-refractivity contribution in [2.75, 3.05) is 5.73 Å². The molecule has 0 radical (unpaired) electrons. The number of anilines is 1. The van der Waals surface area contributed by atoms with Crippen LogP contribution in [-0.4, -0.2) is 20.1 Å². The standard InChI is InChI=1S/C14H13N5O/c1-9-7-16-13(17-8-9)14-18-12(20-19-14)6-10-4-2-3-5-11(10)15/h2-5,7-8H,6,15H2,1H3. The maximum Gasteiger partial charge on any atom is 0.240 e. The molecule has 3 aromatic rings. The van der Waals surface area contributed by atoms with Gasteiger partial charge in [-0.15, -0.1) is 0 Å². The molecule has 20 heavy (non-hydrogen) atoms. The molecule has 0 aliphatic rings. The number of aryl methyl sites for hydroxylation is 1. The molecule has 0 aliphatic heterocycles. The van der Waals surface area contributed by atoms with Crippen LogP contribution in [0, 0.1) is 6.92 Å². The van der Waals surface area contributed by atoms with E-state index >= 15 is 0 Å². The zero-order valence-corrected chi connectivity index (χ0v) is 10.9. The first-order valence-electron chi connectivity index (χ1n) is 6.17. The molecule has 2 aromatic heterocycles. The largest absolute Gasteiger partial charge is 0.398 e. The van der Waals surface area contributed by atoms with Gasteiger partial charge in [0.05, 0.1) is 6.42 Å². The molecule has 3 rings (SSSR count). The van der Waals surface area contributed by atoms with Crippen molar-refractivity contribution in [3.8, 4) is 11.6 Å². The summed E-state index contributed by atoms with van der Waals surface area (Å²) in [5.41, 5.74) is 8.53. The highest BCUT2D eigenvalue weighted by Crippen LogP contribution is 2.17. The topological polar surface area (TPSA) is 90.7 Å². The van der Waals surface area contributed by atoms with Gasteiger partial charge in [-0.2, -0.15) is 4.98 Å². The highest BCUT2D eigenvalue weighted by molar-refractivity contribution is 5.48. The Hall–Kier alpha value is -2.76. The summed E-state index contributed by atoms with van der Waals surface area (Å²) in [4.78, 5) is 12.6. The van der Waals surface area contributed by atoms with Gasteiger partial charge in [0, 0.05) is 18.1 Å². The van der Waals surface area contributed by atoms with E-state index in [-0.39, 0.29) is 0 Å². The second-order valence-corrected chi connectivity index (χ2v) is 4.47. The maximum absolute atomic E-state index is 5.89. The molecule has 1 aromatic carbocycles. The Balaban J connectivity index is 1.84. The first-order valence-corrected chi connectivity index (χ1v) is 6.17. The van der Waals surface area contributed by atoms with Crippen LogP contribution in [-0.2, 0) is 6.42 Å². The molecule has 0 spiro atoms. The van der Waals surface area contributed by atoms with Crippen molar-refractivity contribution in [1.82, 2.24) is 20.1 Å². The van der Waals surface area contributed by atoms with Crippen molar-refractivity contribution in [3.05, 3.63) is 53.7 Å². The van der Waals surface area contributed by atoms with E-state index < -0.39 is 0 Å². The second-order valence-electron chi connectivity index (χ2n) is 4.47. The maximum atomic E-state index is 5.89. The monoisotopic (exact) mass is 267 g/mol. The molecule has 0 fully saturated rings. The number of nitrogens with zero attached hydrogens (tertiary/aromatic N) is 4. The lowest BCUT2D eigenvalue weighted by Gasteiger charge is -2.00. The third-order valence-corrected chi connectivity index (χ3v) is 2.85. The van der Waals surface area contributed by atoms with E-state index in [1.54, 1.807) is 12.4 Å². The first-order chi connectivity index (χ1) is 9.72. The van der Waals surface area contributed by atoms with E-state index in [9.17, 15) is 0 Å². The van der Waals surface area contributed by atoms with Gasteiger partial charge in [0.2, 0.25) is 17.5 Å². The van der Waals surface area contributed by atoms with E-state index in [2.05, 4.69) is 20.1 Å². The number of benzene rings is 1. The molecule has 0 aliphatic carbocycles. The third kappa shape index (κ3) is 2.49. The summed E-state index contributed by atoms with van der Waals surface area (Å²) in [6, 6.07) is 7.58. The Kier molecular flexibility index (Phi) is 3.12. The number of hydrogen-bond acceptors (Lipinski definition) is 6. The second kappa shape index (κ2) is 5.08. The molecular formula is C14H13N5O. The van der Waals surface area contributed by atoms with Crippen molar-refractivity contribution >= 4 is 5.69 Å². The first kappa shape index (κ1) is 12.3. The van der Waals surface area contributed by atoms with E-state index in [4.69, 9.17) is 10.3 Å². The van der Waals surface area contributed by atoms with Crippen molar-refractivity contribution < 1.29 is 4.52 Å². The summed E-state index contributed by atoms with van der Waals surface area (Å²) in [7, 11) is 0. The van der Waals surface area contributed by atoms with Crippen LogP contribution in [0.4, 0.5) is 5.69 Å². The van der Waals surface area contributed by atoms with Crippen LogP contribution >= 0.6 is 0 Å². The highest BCUT2D eigenvalue weighted by atomic mass is 16.5. The van der Waals surface area contributed by atoms with E-state index in [0.717, 1.165) is 11.1 Å². The zero-order chi connectivity index (χ0) is 13.9. The van der Waals surface area contributed by atoms with Crippen LogP contribution in [0.5, 0.6) is 0 Å². The molecule has 6 heteroatoms. The highest BCUT2D eigenvalue weighted by Gasteiger charge is 2.12. The van der Waals surface area contributed by atoms with Gasteiger partial charge >= 0.3 is 0 Å². The van der Waals surface area contributed by atoms with Gasteiger partial charge < -0.3 is 10.3 Å². The molecule has 0 amide bonds. The van der Waals surface area contributed by atoms with Gasteiger partial charge in [0.25, 0.3) is 0 Å². The van der Waals surface area contributed by atoms with Crippen LogP contribution in [0.3, 0.4) is 0 Å². The van der Waals surface area contributed by atoms with Crippen molar-refractivity contribution in [2.45, 2.75) is 13.3 Å². The minimum atomic E-state index is 0.384. The fourth-order valence-corrected chi connectivity index (χ4v) is 1.78. The van der Waals surface area contributed by atoms with E-state index in [1.807, 2.05) is 31.2 Å². The molecule has 2 heterocycles. The number of rotatable bonds is 3. The number of nitrogens with two attached hydrogens (primary N) is 1. The Morgan fingerprint density at radius 3 is 2.60 bits per heavy atom. The normalized spacial score (nSPS) is 10.7. The summed E-state index contributed by atoms with van der Waals surface area (Å²) < 4.78 is 5.21. The zero-order valence-electron chi connectivity index (χ0n) is 10.9. The van der Waals surface area contributed by atoms with Crippen LogP contribution < -0.4 is 5.73 Å². The average Bonchev–Trinajstić information content (AvgIpc) is 2.91. The smallest absolute Gasteiger partial charge is 0.240 e.